The molecule has 0 saturated heterocycles. The monoisotopic (exact) mass is 463 g/mol. The first-order valence-corrected chi connectivity index (χ1v) is 10.9. The fourth-order valence-corrected chi connectivity index (χ4v) is 4.58. The van der Waals surface area contributed by atoms with Crippen LogP contribution in [0.1, 0.15) is 42.6 Å². The van der Waals surface area contributed by atoms with E-state index in [1.165, 1.54) is 18.2 Å². The summed E-state index contributed by atoms with van der Waals surface area (Å²) in [6.45, 7) is 1.68. The minimum atomic E-state index is -4.93. The van der Waals surface area contributed by atoms with Crippen molar-refractivity contribution < 1.29 is 27.8 Å². The van der Waals surface area contributed by atoms with Gasteiger partial charge in [-0.3, -0.25) is 0 Å². The van der Waals surface area contributed by atoms with Crippen LogP contribution in [-0.4, -0.2) is 44.7 Å². The SMILES string of the molecule is CCc1ncc2c(NCC(F)CC3c4cccc(O)c4CCC3(O)C(F)(F)F)cccc2n1. The number of nitrogens with one attached hydrogen (secondary N) is 1. The number of fused-ring (bicyclic) bond motifs is 2. The van der Waals surface area contributed by atoms with Crippen molar-refractivity contribution in [3.05, 3.63) is 59.5 Å². The van der Waals surface area contributed by atoms with Crippen LogP contribution in [0, 0.1) is 0 Å². The van der Waals surface area contributed by atoms with Crippen LogP contribution >= 0.6 is 0 Å². The normalized spacial score (nSPS) is 21.6. The molecule has 3 aromatic rings. The van der Waals surface area contributed by atoms with Crippen molar-refractivity contribution in [3.8, 4) is 5.75 Å². The number of hydrogen-bond donors (Lipinski definition) is 3. The van der Waals surface area contributed by atoms with E-state index >= 15 is 4.39 Å². The minimum Gasteiger partial charge on any atom is -0.508 e. The molecule has 3 atom stereocenters. The van der Waals surface area contributed by atoms with Gasteiger partial charge in [-0.2, -0.15) is 13.2 Å². The van der Waals surface area contributed by atoms with Gasteiger partial charge in [0.1, 0.15) is 17.7 Å². The molecule has 0 radical (unpaired) electrons. The maximum Gasteiger partial charge on any atom is 0.417 e. The number of phenols is 1. The van der Waals surface area contributed by atoms with E-state index in [9.17, 15) is 23.4 Å². The maximum atomic E-state index is 15.1. The first-order chi connectivity index (χ1) is 15.6. The van der Waals surface area contributed by atoms with E-state index in [0.717, 1.165) is 0 Å². The molecule has 1 heterocycles. The highest BCUT2D eigenvalue weighted by Gasteiger charge is 2.60. The molecular formula is C24H25F4N3O2. The average Bonchev–Trinajstić information content (AvgIpc) is 2.78. The zero-order valence-corrected chi connectivity index (χ0v) is 18.0. The summed E-state index contributed by atoms with van der Waals surface area (Å²) in [6, 6.07) is 9.51. The summed E-state index contributed by atoms with van der Waals surface area (Å²) in [5.41, 5.74) is -1.35. The number of nitrogens with zero attached hydrogens (tertiary/aromatic N) is 2. The number of aliphatic hydroxyl groups is 1. The topological polar surface area (TPSA) is 78.3 Å². The summed E-state index contributed by atoms with van der Waals surface area (Å²) in [7, 11) is 0. The number of benzene rings is 2. The molecule has 176 valence electrons. The Morgan fingerprint density at radius 2 is 1.97 bits per heavy atom. The number of anilines is 1. The molecule has 33 heavy (non-hydrogen) atoms. The third kappa shape index (κ3) is 4.34. The van der Waals surface area contributed by atoms with Gasteiger partial charge in [0.05, 0.1) is 5.52 Å². The second-order valence-electron chi connectivity index (χ2n) is 8.41. The standard InChI is InChI=1S/C24H25F4N3O2/c1-2-22-30-13-17-19(6-4-7-20(17)31-22)29-12-14(25)11-18-15-5-3-8-21(32)16(15)9-10-23(18,33)24(26,27)28/h3-8,13-14,18,29,32-33H,2,9-12H2,1H3. The molecule has 3 N–H and O–H groups in total. The fraction of sp³-hybridized carbons (Fsp3) is 0.417. The fourth-order valence-electron chi connectivity index (χ4n) is 4.58. The molecule has 1 aliphatic carbocycles. The van der Waals surface area contributed by atoms with E-state index in [1.54, 1.807) is 18.3 Å². The smallest absolute Gasteiger partial charge is 0.417 e. The van der Waals surface area contributed by atoms with Gasteiger partial charge in [0.15, 0.2) is 5.60 Å². The molecule has 0 fully saturated rings. The molecule has 0 amide bonds. The number of aryl methyl sites for hydroxylation is 1. The van der Waals surface area contributed by atoms with Gasteiger partial charge < -0.3 is 15.5 Å². The van der Waals surface area contributed by atoms with Gasteiger partial charge in [0.2, 0.25) is 0 Å². The van der Waals surface area contributed by atoms with Crippen molar-refractivity contribution in [1.29, 1.82) is 0 Å². The summed E-state index contributed by atoms with van der Waals surface area (Å²) in [5.74, 6) is -1.00. The van der Waals surface area contributed by atoms with Crippen LogP contribution in [-0.2, 0) is 12.8 Å². The van der Waals surface area contributed by atoms with Gasteiger partial charge in [-0.1, -0.05) is 25.1 Å². The summed E-state index contributed by atoms with van der Waals surface area (Å²) in [6.07, 6.45) is -5.65. The van der Waals surface area contributed by atoms with E-state index in [4.69, 9.17) is 0 Å². The van der Waals surface area contributed by atoms with Crippen molar-refractivity contribution >= 4 is 16.6 Å². The number of hydrogen-bond acceptors (Lipinski definition) is 5. The highest BCUT2D eigenvalue weighted by atomic mass is 19.4. The van der Waals surface area contributed by atoms with Gasteiger partial charge in [-0.25, -0.2) is 14.4 Å². The summed E-state index contributed by atoms with van der Waals surface area (Å²) < 4.78 is 56.6. The molecule has 5 nitrogen and oxygen atoms in total. The summed E-state index contributed by atoms with van der Waals surface area (Å²) in [4.78, 5) is 8.69. The van der Waals surface area contributed by atoms with Crippen molar-refractivity contribution in [1.82, 2.24) is 9.97 Å². The van der Waals surface area contributed by atoms with E-state index in [1.807, 2.05) is 13.0 Å². The van der Waals surface area contributed by atoms with Gasteiger partial charge >= 0.3 is 6.18 Å². The number of rotatable bonds is 6. The van der Waals surface area contributed by atoms with Gasteiger partial charge in [-0.05, 0) is 48.6 Å². The van der Waals surface area contributed by atoms with E-state index in [2.05, 4.69) is 15.3 Å². The zero-order valence-electron chi connectivity index (χ0n) is 18.0. The quantitative estimate of drug-likeness (QED) is 0.446. The van der Waals surface area contributed by atoms with Gasteiger partial charge in [-0.15, -0.1) is 0 Å². The van der Waals surface area contributed by atoms with Crippen molar-refractivity contribution in [3.63, 3.8) is 0 Å². The number of aromatic nitrogens is 2. The lowest BCUT2D eigenvalue weighted by atomic mass is 9.69. The Morgan fingerprint density at radius 1 is 1.21 bits per heavy atom. The maximum absolute atomic E-state index is 15.1. The first kappa shape index (κ1) is 23.2. The average molecular weight is 463 g/mol. The molecule has 0 bridgehead atoms. The van der Waals surface area contributed by atoms with Gasteiger partial charge in [0, 0.05) is 36.2 Å². The molecule has 0 saturated carbocycles. The lowest BCUT2D eigenvalue weighted by molar-refractivity contribution is -0.274. The van der Waals surface area contributed by atoms with Crippen LogP contribution in [0.15, 0.2) is 42.6 Å². The molecule has 0 spiro atoms. The Kier molecular flexibility index (Phi) is 6.18. The van der Waals surface area contributed by atoms with Crippen LogP contribution in [0.25, 0.3) is 10.9 Å². The van der Waals surface area contributed by atoms with Crippen molar-refractivity contribution in [2.45, 2.75) is 56.5 Å². The molecule has 3 unspecified atom stereocenters. The highest BCUT2D eigenvalue weighted by Crippen LogP contribution is 2.51. The lowest BCUT2D eigenvalue weighted by Crippen LogP contribution is -2.53. The van der Waals surface area contributed by atoms with Crippen LogP contribution in [0.3, 0.4) is 0 Å². The van der Waals surface area contributed by atoms with Crippen molar-refractivity contribution in [2.75, 3.05) is 11.9 Å². The van der Waals surface area contributed by atoms with Crippen LogP contribution in [0.4, 0.5) is 23.2 Å². The molecular weight excluding hydrogens is 438 g/mol. The first-order valence-electron chi connectivity index (χ1n) is 10.9. The van der Waals surface area contributed by atoms with Crippen LogP contribution in [0.5, 0.6) is 5.75 Å². The lowest BCUT2D eigenvalue weighted by Gasteiger charge is -2.42. The van der Waals surface area contributed by atoms with Crippen LogP contribution in [0.2, 0.25) is 0 Å². The molecule has 1 aliphatic rings. The second-order valence-corrected chi connectivity index (χ2v) is 8.41. The van der Waals surface area contributed by atoms with E-state index in [0.29, 0.717) is 34.4 Å². The number of aromatic hydroxyl groups is 1. The molecule has 0 aliphatic heterocycles. The molecule has 1 aromatic heterocycles. The molecule has 2 aromatic carbocycles. The van der Waals surface area contributed by atoms with Gasteiger partial charge in [0.25, 0.3) is 0 Å². The van der Waals surface area contributed by atoms with Crippen molar-refractivity contribution in [2.24, 2.45) is 0 Å². The number of phenolic OH excluding ortho intramolecular Hbond substituents is 1. The Balaban J connectivity index is 1.56. The third-order valence-corrected chi connectivity index (χ3v) is 6.38. The molecule has 4 rings (SSSR count). The van der Waals surface area contributed by atoms with E-state index in [-0.39, 0.29) is 24.3 Å². The Morgan fingerprint density at radius 3 is 2.70 bits per heavy atom. The largest absolute Gasteiger partial charge is 0.508 e. The predicted molar refractivity (Wildman–Crippen MR) is 117 cm³/mol. The minimum absolute atomic E-state index is 0.134. The Labute approximate surface area is 188 Å². The third-order valence-electron chi connectivity index (χ3n) is 6.38. The number of alkyl halides is 4. The summed E-state index contributed by atoms with van der Waals surface area (Å²) >= 11 is 0. The zero-order chi connectivity index (χ0) is 23.8. The van der Waals surface area contributed by atoms with Crippen LogP contribution < -0.4 is 5.32 Å². The second kappa shape index (κ2) is 8.78. The Hall–Kier alpha value is -2.94. The highest BCUT2D eigenvalue weighted by molar-refractivity contribution is 5.90. The molecule has 9 heteroatoms. The predicted octanol–water partition coefficient (Wildman–Crippen LogP) is 5.06. The number of halogens is 4. The summed E-state index contributed by atoms with van der Waals surface area (Å²) in [5, 5.41) is 24.3. The Bertz CT molecular complexity index is 1150. The van der Waals surface area contributed by atoms with E-state index < -0.39 is 36.7 Å².